The Morgan fingerprint density at radius 2 is 1.68 bits per heavy atom. The molecule has 1 N–H and O–H groups in total. The number of hydrogen-bond acceptors (Lipinski definition) is 6. The van der Waals surface area contributed by atoms with Crippen molar-refractivity contribution in [3.63, 3.8) is 0 Å². The van der Waals surface area contributed by atoms with Crippen LogP contribution in [-0.2, 0) is 0 Å². The molecule has 0 saturated heterocycles. The fraction of sp³-hybridized carbons (Fsp3) is 0.188. The van der Waals surface area contributed by atoms with E-state index in [1.807, 2.05) is 0 Å². The van der Waals surface area contributed by atoms with Crippen molar-refractivity contribution in [3.05, 3.63) is 51.0 Å². The number of carbonyl (C=O) groups is 1. The van der Waals surface area contributed by atoms with Gasteiger partial charge in [0.2, 0.25) is 5.75 Å². The summed E-state index contributed by atoms with van der Waals surface area (Å²) in [5.74, 6) is 0.553. The van der Waals surface area contributed by atoms with Crippen molar-refractivity contribution in [2.24, 2.45) is 0 Å². The van der Waals surface area contributed by atoms with E-state index < -0.39 is 10.8 Å². The smallest absolute Gasteiger partial charge is 0.288 e. The van der Waals surface area contributed by atoms with Crippen molar-refractivity contribution in [2.45, 2.75) is 0 Å². The predicted molar refractivity (Wildman–Crippen MR) is 92.2 cm³/mol. The van der Waals surface area contributed by atoms with Crippen LogP contribution >= 0.6 is 11.6 Å². The van der Waals surface area contributed by atoms with Gasteiger partial charge in [-0.05, 0) is 12.1 Å². The second-order valence-corrected chi connectivity index (χ2v) is 5.20. The molecule has 0 aliphatic heterocycles. The maximum atomic E-state index is 12.4. The van der Waals surface area contributed by atoms with E-state index in [-0.39, 0.29) is 16.3 Å². The molecular formula is C16H15ClN2O6. The highest BCUT2D eigenvalue weighted by molar-refractivity contribution is 6.32. The summed E-state index contributed by atoms with van der Waals surface area (Å²) in [5.41, 5.74) is 0.112. The van der Waals surface area contributed by atoms with Gasteiger partial charge in [-0.15, -0.1) is 0 Å². The molecule has 2 aromatic rings. The van der Waals surface area contributed by atoms with Gasteiger partial charge in [-0.25, -0.2) is 0 Å². The van der Waals surface area contributed by atoms with Crippen LogP contribution in [0.4, 0.5) is 11.4 Å². The third-order valence-corrected chi connectivity index (χ3v) is 3.65. The number of benzene rings is 2. The second kappa shape index (κ2) is 7.71. The van der Waals surface area contributed by atoms with E-state index >= 15 is 0 Å². The minimum absolute atomic E-state index is 0.0469. The average molecular weight is 367 g/mol. The van der Waals surface area contributed by atoms with Crippen molar-refractivity contribution in [1.29, 1.82) is 0 Å². The molecule has 0 heterocycles. The Morgan fingerprint density at radius 3 is 2.16 bits per heavy atom. The second-order valence-electron chi connectivity index (χ2n) is 4.79. The number of nitro groups is 1. The van der Waals surface area contributed by atoms with Gasteiger partial charge in [-0.3, -0.25) is 14.9 Å². The zero-order chi connectivity index (χ0) is 18.6. The standard InChI is InChI=1S/C16H15ClN2O6/c1-23-13-7-10(8-14(24-2)15(13)25-3)18-16(20)9-4-5-11(17)12(6-9)19(21)22/h4-8H,1-3H3,(H,18,20). The number of nitrogens with one attached hydrogen (secondary N) is 1. The summed E-state index contributed by atoms with van der Waals surface area (Å²) in [6.45, 7) is 0. The average Bonchev–Trinajstić information content (AvgIpc) is 2.60. The van der Waals surface area contributed by atoms with E-state index in [4.69, 9.17) is 25.8 Å². The van der Waals surface area contributed by atoms with Gasteiger partial charge in [0.15, 0.2) is 11.5 Å². The normalized spacial score (nSPS) is 10.1. The Bertz CT molecular complexity index is 799. The van der Waals surface area contributed by atoms with Gasteiger partial charge in [0.25, 0.3) is 11.6 Å². The molecule has 0 fully saturated rings. The summed E-state index contributed by atoms with van der Waals surface area (Å²) < 4.78 is 15.6. The molecular weight excluding hydrogens is 352 g/mol. The molecule has 0 unspecified atom stereocenters. The lowest BCUT2D eigenvalue weighted by molar-refractivity contribution is -0.384. The Hall–Kier alpha value is -3.00. The first-order valence-corrected chi connectivity index (χ1v) is 7.34. The predicted octanol–water partition coefficient (Wildman–Crippen LogP) is 3.53. The van der Waals surface area contributed by atoms with Gasteiger partial charge in [0, 0.05) is 29.4 Å². The summed E-state index contributed by atoms with van der Waals surface area (Å²) in [7, 11) is 4.36. The number of halogens is 1. The molecule has 0 aliphatic rings. The highest BCUT2D eigenvalue weighted by Crippen LogP contribution is 2.40. The van der Waals surface area contributed by atoms with Crippen LogP contribution in [0.25, 0.3) is 0 Å². The van der Waals surface area contributed by atoms with Crippen LogP contribution in [0.2, 0.25) is 5.02 Å². The Labute approximate surface area is 148 Å². The summed E-state index contributed by atoms with van der Waals surface area (Å²) in [6, 6.07) is 6.88. The van der Waals surface area contributed by atoms with Crippen molar-refractivity contribution in [2.75, 3.05) is 26.6 Å². The van der Waals surface area contributed by atoms with Crippen molar-refractivity contribution in [1.82, 2.24) is 0 Å². The third-order valence-electron chi connectivity index (χ3n) is 3.33. The number of ether oxygens (including phenoxy) is 3. The van der Waals surface area contributed by atoms with Gasteiger partial charge >= 0.3 is 0 Å². The number of anilines is 1. The van der Waals surface area contributed by atoms with E-state index in [0.717, 1.165) is 6.07 Å². The van der Waals surface area contributed by atoms with E-state index in [1.165, 1.54) is 33.5 Å². The number of hydrogen-bond donors (Lipinski definition) is 1. The molecule has 0 spiro atoms. The van der Waals surface area contributed by atoms with Gasteiger partial charge < -0.3 is 19.5 Å². The van der Waals surface area contributed by atoms with Gasteiger partial charge in [-0.2, -0.15) is 0 Å². The van der Waals surface area contributed by atoms with E-state index in [1.54, 1.807) is 12.1 Å². The van der Waals surface area contributed by atoms with Gasteiger partial charge in [-0.1, -0.05) is 11.6 Å². The Morgan fingerprint density at radius 1 is 1.08 bits per heavy atom. The van der Waals surface area contributed by atoms with Crippen molar-refractivity contribution >= 4 is 28.9 Å². The minimum atomic E-state index is -0.654. The highest BCUT2D eigenvalue weighted by Gasteiger charge is 2.18. The van der Waals surface area contributed by atoms with Crippen LogP contribution in [0.1, 0.15) is 10.4 Å². The molecule has 2 aromatic carbocycles. The maximum absolute atomic E-state index is 12.4. The number of nitrogens with zero attached hydrogens (tertiary/aromatic N) is 1. The molecule has 0 radical (unpaired) electrons. The largest absolute Gasteiger partial charge is 0.493 e. The summed E-state index contributed by atoms with van der Waals surface area (Å²) in [4.78, 5) is 22.6. The van der Waals surface area contributed by atoms with Crippen LogP contribution < -0.4 is 19.5 Å². The van der Waals surface area contributed by atoms with E-state index in [2.05, 4.69) is 5.32 Å². The van der Waals surface area contributed by atoms with Crippen molar-refractivity contribution in [3.8, 4) is 17.2 Å². The zero-order valence-electron chi connectivity index (χ0n) is 13.7. The van der Waals surface area contributed by atoms with Crippen LogP contribution in [0.3, 0.4) is 0 Å². The Balaban J connectivity index is 2.35. The topological polar surface area (TPSA) is 99.9 Å². The highest BCUT2D eigenvalue weighted by atomic mass is 35.5. The van der Waals surface area contributed by atoms with Crippen LogP contribution in [-0.4, -0.2) is 32.2 Å². The van der Waals surface area contributed by atoms with E-state index in [0.29, 0.717) is 22.9 Å². The molecule has 0 atom stereocenters. The number of carbonyl (C=O) groups excluding carboxylic acids is 1. The molecule has 2 rings (SSSR count). The van der Waals surface area contributed by atoms with Crippen LogP contribution in [0.15, 0.2) is 30.3 Å². The lowest BCUT2D eigenvalue weighted by Crippen LogP contribution is -2.12. The molecule has 8 nitrogen and oxygen atoms in total. The van der Waals surface area contributed by atoms with E-state index in [9.17, 15) is 14.9 Å². The molecule has 132 valence electrons. The quantitative estimate of drug-likeness (QED) is 0.620. The van der Waals surface area contributed by atoms with Crippen molar-refractivity contribution < 1.29 is 23.9 Å². The number of amides is 1. The minimum Gasteiger partial charge on any atom is -0.493 e. The number of nitro benzene ring substituents is 1. The Kier molecular flexibility index (Phi) is 5.66. The maximum Gasteiger partial charge on any atom is 0.288 e. The fourth-order valence-electron chi connectivity index (χ4n) is 2.15. The lowest BCUT2D eigenvalue weighted by atomic mass is 10.1. The monoisotopic (exact) mass is 366 g/mol. The summed E-state index contributed by atoms with van der Waals surface area (Å²) in [5, 5.41) is 13.5. The lowest BCUT2D eigenvalue weighted by Gasteiger charge is -2.14. The first-order valence-electron chi connectivity index (χ1n) is 6.96. The molecule has 0 saturated carbocycles. The third kappa shape index (κ3) is 3.92. The molecule has 0 bridgehead atoms. The molecule has 0 aromatic heterocycles. The fourth-order valence-corrected chi connectivity index (χ4v) is 2.34. The van der Waals surface area contributed by atoms with Crippen LogP contribution in [0.5, 0.6) is 17.2 Å². The molecule has 25 heavy (non-hydrogen) atoms. The first kappa shape index (κ1) is 18.3. The van der Waals surface area contributed by atoms with Gasteiger partial charge in [0.1, 0.15) is 5.02 Å². The van der Waals surface area contributed by atoms with Gasteiger partial charge in [0.05, 0.1) is 26.3 Å². The number of methoxy groups -OCH3 is 3. The summed E-state index contributed by atoms with van der Waals surface area (Å²) >= 11 is 5.75. The summed E-state index contributed by atoms with van der Waals surface area (Å²) in [6.07, 6.45) is 0. The molecule has 9 heteroatoms. The van der Waals surface area contributed by atoms with Crippen LogP contribution in [0, 0.1) is 10.1 Å². The zero-order valence-corrected chi connectivity index (χ0v) is 14.4. The first-order chi connectivity index (χ1) is 11.9. The number of rotatable bonds is 6. The molecule has 0 aliphatic carbocycles. The SMILES string of the molecule is COc1cc(NC(=O)c2ccc(Cl)c([N+](=O)[O-])c2)cc(OC)c1OC. The molecule has 1 amide bonds.